The van der Waals surface area contributed by atoms with Crippen molar-refractivity contribution in [1.29, 1.82) is 0 Å². The van der Waals surface area contributed by atoms with Crippen LogP contribution in [0.25, 0.3) is 0 Å². The first-order valence-electron chi connectivity index (χ1n) is 6.27. The van der Waals surface area contributed by atoms with Crippen molar-refractivity contribution in [3.63, 3.8) is 0 Å². The largest absolute Gasteiger partial charge is 0.333 e. The number of hydrogen-bond donors (Lipinski definition) is 1. The third kappa shape index (κ3) is 5.44. The van der Waals surface area contributed by atoms with Crippen LogP contribution in [0.1, 0.15) is 13.8 Å². The highest BCUT2D eigenvalue weighted by atomic mass is 32.2. The van der Waals surface area contributed by atoms with Crippen molar-refractivity contribution < 1.29 is 8.42 Å². The van der Waals surface area contributed by atoms with Crippen LogP contribution in [0.15, 0.2) is 41.4 Å². The SMILES string of the molecule is C/C=C/CN=C(C)N(C)c1ccc(NS(C)(=O)=O)cc1. The Kier molecular flexibility index (Phi) is 5.76. The summed E-state index contributed by atoms with van der Waals surface area (Å²) in [6, 6.07) is 7.16. The highest BCUT2D eigenvalue weighted by molar-refractivity contribution is 7.92. The second-order valence-electron chi connectivity index (χ2n) is 4.44. The molecule has 0 aliphatic carbocycles. The van der Waals surface area contributed by atoms with Gasteiger partial charge in [-0.15, -0.1) is 0 Å². The van der Waals surface area contributed by atoms with Gasteiger partial charge >= 0.3 is 0 Å². The monoisotopic (exact) mass is 295 g/mol. The molecule has 20 heavy (non-hydrogen) atoms. The number of nitrogens with zero attached hydrogens (tertiary/aromatic N) is 2. The highest BCUT2D eigenvalue weighted by Crippen LogP contribution is 2.17. The Hall–Kier alpha value is -1.82. The summed E-state index contributed by atoms with van der Waals surface area (Å²) in [5.74, 6) is 0.895. The number of anilines is 2. The van der Waals surface area contributed by atoms with Crippen LogP contribution in [0.2, 0.25) is 0 Å². The molecule has 0 bridgehead atoms. The average molecular weight is 295 g/mol. The molecule has 0 heterocycles. The van der Waals surface area contributed by atoms with Crippen LogP contribution in [0.4, 0.5) is 11.4 Å². The van der Waals surface area contributed by atoms with E-state index in [4.69, 9.17) is 0 Å². The van der Waals surface area contributed by atoms with Crippen molar-refractivity contribution in [2.45, 2.75) is 13.8 Å². The minimum atomic E-state index is -3.24. The van der Waals surface area contributed by atoms with Crippen molar-refractivity contribution in [3.05, 3.63) is 36.4 Å². The smallest absolute Gasteiger partial charge is 0.229 e. The normalized spacial score (nSPS) is 12.7. The first kappa shape index (κ1) is 16.2. The number of rotatable bonds is 5. The van der Waals surface area contributed by atoms with Crippen LogP contribution in [0, 0.1) is 0 Å². The number of amidine groups is 1. The molecule has 0 spiro atoms. The highest BCUT2D eigenvalue weighted by Gasteiger charge is 2.05. The van der Waals surface area contributed by atoms with E-state index in [1.807, 2.05) is 50.1 Å². The molecule has 0 aliphatic rings. The minimum absolute atomic E-state index is 0.549. The van der Waals surface area contributed by atoms with E-state index < -0.39 is 10.0 Å². The van der Waals surface area contributed by atoms with E-state index in [9.17, 15) is 8.42 Å². The van der Waals surface area contributed by atoms with Gasteiger partial charge in [-0.2, -0.15) is 0 Å². The molecule has 0 aromatic heterocycles. The summed E-state index contributed by atoms with van der Waals surface area (Å²) in [5, 5.41) is 0. The van der Waals surface area contributed by atoms with Gasteiger partial charge in [-0.05, 0) is 38.1 Å². The van der Waals surface area contributed by atoms with Gasteiger partial charge in [0.1, 0.15) is 5.84 Å². The quantitative estimate of drug-likeness (QED) is 0.516. The first-order chi connectivity index (χ1) is 9.33. The van der Waals surface area contributed by atoms with Gasteiger partial charge in [-0.1, -0.05) is 12.2 Å². The summed E-state index contributed by atoms with van der Waals surface area (Å²) in [6.45, 7) is 4.55. The van der Waals surface area contributed by atoms with Gasteiger partial charge in [0.2, 0.25) is 10.0 Å². The maximum Gasteiger partial charge on any atom is 0.229 e. The summed E-state index contributed by atoms with van der Waals surface area (Å²) in [4.78, 5) is 6.37. The summed E-state index contributed by atoms with van der Waals surface area (Å²) < 4.78 is 24.7. The van der Waals surface area contributed by atoms with Crippen molar-refractivity contribution in [3.8, 4) is 0 Å². The van der Waals surface area contributed by atoms with Gasteiger partial charge in [-0.3, -0.25) is 9.71 Å². The fraction of sp³-hybridized carbons (Fsp3) is 0.357. The molecular weight excluding hydrogens is 274 g/mol. The third-order valence-electron chi connectivity index (χ3n) is 2.70. The minimum Gasteiger partial charge on any atom is -0.333 e. The number of sulfonamides is 1. The van der Waals surface area contributed by atoms with Crippen LogP contribution in [0.5, 0.6) is 0 Å². The Balaban J connectivity index is 2.80. The zero-order valence-corrected chi connectivity index (χ0v) is 13.1. The molecule has 0 saturated carbocycles. The summed E-state index contributed by atoms with van der Waals surface area (Å²) in [5.41, 5.74) is 1.50. The first-order valence-corrected chi connectivity index (χ1v) is 8.16. The second kappa shape index (κ2) is 7.09. The Morgan fingerprint density at radius 2 is 1.95 bits per heavy atom. The summed E-state index contributed by atoms with van der Waals surface area (Å²) in [7, 11) is -1.31. The van der Waals surface area contributed by atoms with Gasteiger partial charge < -0.3 is 4.90 Å². The van der Waals surface area contributed by atoms with Crippen LogP contribution in [-0.4, -0.2) is 34.1 Å². The molecule has 1 N–H and O–H groups in total. The Bertz CT molecular complexity index is 589. The summed E-state index contributed by atoms with van der Waals surface area (Å²) >= 11 is 0. The van der Waals surface area contributed by atoms with Crippen LogP contribution in [-0.2, 0) is 10.0 Å². The average Bonchev–Trinajstić information content (AvgIpc) is 2.37. The Morgan fingerprint density at radius 1 is 1.35 bits per heavy atom. The molecular formula is C14H21N3O2S. The van der Waals surface area contributed by atoms with Crippen LogP contribution < -0.4 is 9.62 Å². The van der Waals surface area contributed by atoms with Gasteiger partial charge in [0, 0.05) is 18.4 Å². The molecule has 110 valence electrons. The van der Waals surface area contributed by atoms with Gasteiger partial charge in [-0.25, -0.2) is 8.42 Å². The lowest BCUT2D eigenvalue weighted by Crippen LogP contribution is -2.23. The zero-order valence-electron chi connectivity index (χ0n) is 12.3. The Labute approximate surface area is 121 Å². The number of benzene rings is 1. The van der Waals surface area contributed by atoms with E-state index in [2.05, 4.69) is 9.71 Å². The molecule has 0 saturated heterocycles. The molecule has 0 radical (unpaired) electrons. The maximum atomic E-state index is 11.1. The van der Waals surface area contributed by atoms with E-state index >= 15 is 0 Å². The van der Waals surface area contributed by atoms with Crippen molar-refractivity contribution in [1.82, 2.24) is 0 Å². The van der Waals surface area contributed by atoms with Gasteiger partial charge in [0.05, 0.1) is 12.8 Å². The zero-order chi connectivity index (χ0) is 15.2. The van der Waals surface area contributed by atoms with E-state index in [-0.39, 0.29) is 0 Å². The number of allylic oxidation sites excluding steroid dienone is 1. The van der Waals surface area contributed by atoms with Gasteiger partial charge in [0.15, 0.2) is 0 Å². The molecule has 0 amide bonds. The lowest BCUT2D eigenvalue weighted by Gasteiger charge is -2.19. The number of hydrogen-bond acceptors (Lipinski definition) is 3. The summed E-state index contributed by atoms with van der Waals surface area (Å²) in [6.07, 6.45) is 5.07. The van der Waals surface area contributed by atoms with Gasteiger partial charge in [0.25, 0.3) is 0 Å². The fourth-order valence-electron chi connectivity index (χ4n) is 1.55. The van der Waals surface area contributed by atoms with Crippen LogP contribution >= 0.6 is 0 Å². The van der Waals surface area contributed by atoms with Crippen molar-refractivity contribution in [2.24, 2.45) is 4.99 Å². The molecule has 0 unspecified atom stereocenters. The van der Waals surface area contributed by atoms with Crippen molar-refractivity contribution >= 4 is 27.2 Å². The molecule has 1 rings (SSSR count). The van der Waals surface area contributed by atoms with Crippen LogP contribution in [0.3, 0.4) is 0 Å². The fourth-order valence-corrected chi connectivity index (χ4v) is 2.11. The maximum absolute atomic E-state index is 11.1. The molecule has 0 atom stereocenters. The van der Waals surface area contributed by atoms with Crippen molar-refractivity contribution in [2.75, 3.05) is 29.5 Å². The molecule has 1 aromatic carbocycles. The second-order valence-corrected chi connectivity index (χ2v) is 6.19. The lowest BCUT2D eigenvalue weighted by molar-refractivity contribution is 0.607. The lowest BCUT2D eigenvalue weighted by atomic mass is 10.2. The number of aliphatic imine (C=N–C) groups is 1. The Morgan fingerprint density at radius 3 is 2.45 bits per heavy atom. The van der Waals surface area contributed by atoms with E-state index in [1.54, 1.807) is 12.1 Å². The predicted octanol–water partition coefficient (Wildman–Crippen LogP) is 2.49. The third-order valence-corrected chi connectivity index (χ3v) is 3.31. The molecule has 6 heteroatoms. The topological polar surface area (TPSA) is 61.8 Å². The van der Waals surface area contributed by atoms with E-state index in [0.717, 1.165) is 17.8 Å². The molecule has 0 fully saturated rings. The van der Waals surface area contributed by atoms with E-state index in [0.29, 0.717) is 12.2 Å². The molecule has 1 aromatic rings. The predicted molar refractivity (Wildman–Crippen MR) is 86.1 cm³/mol. The molecule has 5 nitrogen and oxygen atoms in total. The molecule has 0 aliphatic heterocycles. The standard InChI is InChI=1S/C14H21N3O2S/c1-5-6-11-15-12(2)17(3)14-9-7-13(8-10-14)16-20(4,18)19/h5-10,16H,11H2,1-4H3/b6-5+,15-12?. The van der Waals surface area contributed by atoms with E-state index in [1.165, 1.54) is 0 Å². The number of nitrogens with one attached hydrogen (secondary N) is 1.